The van der Waals surface area contributed by atoms with Crippen molar-refractivity contribution < 1.29 is 42.7 Å². The smallest absolute Gasteiger partial charge is 0.396 e. The second kappa shape index (κ2) is 10.3. The van der Waals surface area contributed by atoms with Crippen LogP contribution in [0, 0.1) is 46.3 Å². The fraction of sp³-hybridized carbons (Fsp3) is 1.00. The fourth-order valence-electron chi connectivity index (χ4n) is 9.66. The van der Waals surface area contributed by atoms with Crippen LogP contribution in [0.5, 0.6) is 0 Å². The zero-order chi connectivity index (χ0) is 27.6. The van der Waals surface area contributed by atoms with Crippen molar-refractivity contribution in [3.63, 3.8) is 0 Å². The first-order valence-electron chi connectivity index (χ1n) is 14.1. The summed E-state index contributed by atoms with van der Waals surface area (Å²) in [5.74, 6) is -0.741. The first-order valence-corrected chi connectivity index (χ1v) is 15.5. The van der Waals surface area contributed by atoms with E-state index in [2.05, 4.69) is 13.8 Å². The summed E-state index contributed by atoms with van der Waals surface area (Å²) in [6.45, 7) is 8.25. The molecule has 6 N–H and O–H groups in total. The molecule has 0 amide bonds. The Morgan fingerprint density at radius 1 is 1.05 bits per heavy atom. The lowest BCUT2D eigenvalue weighted by molar-refractivity contribution is -0.267. The van der Waals surface area contributed by atoms with Crippen LogP contribution in [0.4, 0.5) is 0 Å². The number of aliphatic hydroxyl groups excluding tert-OH is 4. The van der Waals surface area contributed by atoms with Crippen molar-refractivity contribution >= 4 is 10.4 Å². The topological polar surface area (TPSA) is 165 Å². The standard InChI is InChI=1S/C27H48O9S/c1-15(14-28)6-5-7-16(2)21-23(31)24(36-37(33,34)35)22-18-12-20(30)27(32)13-17(29)8-11-26(27,4)19(18)9-10-25(21,22)3/h15-24,28-32H,5-14H2,1-4H3,(H,33,34,35)/t15-,16+,17-,18?,19?,20+,21-,22?,23+,24?,25+,26+,27-/m0/s1. The second-order valence-electron chi connectivity index (χ2n) is 13.5. The van der Waals surface area contributed by atoms with Crippen molar-refractivity contribution in [1.82, 2.24) is 0 Å². The molecule has 0 saturated heterocycles. The lowest BCUT2D eigenvalue weighted by Crippen LogP contribution is -2.69. The van der Waals surface area contributed by atoms with E-state index in [0.717, 1.165) is 25.7 Å². The first kappa shape index (κ1) is 29.6. The molecule has 9 nitrogen and oxygen atoms in total. The van der Waals surface area contributed by atoms with E-state index in [1.165, 1.54) is 0 Å². The number of hydrogen-bond acceptors (Lipinski definition) is 8. The van der Waals surface area contributed by atoms with E-state index < -0.39 is 57.2 Å². The predicted molar refractivity (Wildman–Crippen MR) is 137 cm³/mol. The maximum absolute atomic E-state index is 12.0. The summed E-state index contributed by atoms with van der Waals surface area (Å²) in [5.41, 5.74) is -2.60. The summed E-state index contributed by atoms with van der Waals surface area (Å²) >= 11 is 0. The maximum Gasteiger partial charge on any atom is 0.397 e. The van der Waals surface area contributed by atoms with Crippen molar-refractivity contribution in [3.8, 4) is 0 Å². The van der Waals surface area contributed by atoms with Crippen molar-refractivity contribution in [2.24, 2.45) is 46.3 Å². The van der Waals surface area contributed by atoms with Crippen LogP contribution < -0.4 is 0 Å². The van der Waals surface area contributed by atoms with E-state index in [4.69, 9.17) is 4.18 Å². The quantitative estimate of drug-likeness (QED) is 0.250. The highest BCUT2D eigenvalue weighted by molar-refractivity contribution is 7.80. The van der Waals surface area contributed by atoms with Crippen molar-refractivity contribution in [2.75, 3.05) is 6.61 Å². The Hall–Kier alpha value is -0.330. The molecule has 4 rings (SSSR count). The number of fused-ring (bicyclic) bond motifs is 5. The largest absolute Gasteiger partial charge is 0.397 e. The SMILES string of the molecule is C[C@H](CO)CCC[C@@H](C)[C@H]1[C@@H](O)C(OS(=O)(=O)O)C2C3C[C@@H](O)[C@@]4(O)C[C@@H](O)CC[C@]4(C)C3CC[C@@]21C. The van der Waals surface area contributed by atoms with Gasteiger partial charge in [-0.2, -0.15) is 8.42 Å². The van der Waals surface area contributed by atoms with Gasteiger partial charge in [0.05, 0.1) is 23.9 Å². The van der Waals surface area contributed by atoms with Crippen molar-refractivity contribution in [1.29, 1.82) is 0 Å². The third-order valence-electron chi connectivity index (χ3n) is 11.5. The highest BCUT2D eigenvalue weighted by Gasteiger charge is 2.71. The van der Waals surface area contributed by atoms with Crippen LogP contribution in [0.1, 0.15) is 85.5 Å². The van der Waals surface area contributed by atoms with E-state index in [0.29, 0.717) is 19.3 Å². The van der Waals surface area contributed by atoms with Gasteiger partial charge in [0.2, 0.25) is 0 Å². The Kier molecular flexibility index (Phi) is 8.21. The van der Waals surface area contributed by atoms with Gasteiger partial charge in [0.1, 0.15) is 6.10 Å². The summed E-state index contributed by atoms with van der Waals surface area (Å²) in [7, 11) is -4.84. The zero-order valence-corrected chi connectivity index (χ0v) is 23.5. The van der Waals surface area contributed by atoms with E-state index in [9.17, 15) is 38.5 Å². The Labute approximate surface area is 221 Å². The van der Waals surface area contributed by atoms with Crippen LogP contribution in [-0.4, -0.2) is 75.1 Å². The molecule has 0 aromatic rings. The highest BCUT2D eigenvalue weighted by Crippen LogP contribution is 2.69. The normalized spacial score (nSPS) is 49.6. The number of rotatable bonds is 8. The molecule has 37 heavy (non-hydrogen) atoms. The van der Waals surface area contributed by atoms with Gasteiger partial charge in [0, 0.05) is 18.4 Å². The van der Waals surface area contributed by atoms with Gasteiger partial charge in [0.15, 0.2) is 0 Å². The van der Waals surface area contributed by atoms with Gasteiger partial charge in [-0.05, 0) is 79.4 Å². The molecule has 0 aliphatic heterocycles. The minimum atomic E-state index is -4.84. The van der Waals surface area contributed by atoms with Crippen molar-refractivity contribution in [2.45, 2.75) is 115 Å². The summed E-state index contributed by atoms with van der Waals surface area (Å²) in [6, 6.07) is 0. The molecule has 4 aliphatic carbocycles. The Morgan fingerprint density at radius 3 is 2.35 bits per heavy atom. The van der Waals surface area contributed by atoms with Crippen LogP contribution >= 0.6 is 0 Å². The summed E-state index contributed by atoms with van der Waals surface area (Å²) < 4.78 is 38.8. The second-order valence-corrected chi connectivity index (χ2v) is 14.6. The summed E-state index contributed by atoms with van der Waals surface area (Å²) in [5, 5.41) is 54.3. The van der Waals surface area contributed by atoms with Gasteiger partial charge in [-0.15, -0.1) is 0 Å². The molecule has 0 aromatic carbocycles. The zero-order valence-electron chi connectivity index (χ0n) is 22.7. The molecular formula is C27H48O9S. The van der Waals surface area contributed by atoms with Gasteiger partial charge in [0.25, 0.3) is 0 Å². The molecule has 0 spiro atoms. The molecular weight excluding hydrogens is 500 g/mol. The molecule has 0 radical (unpaired) electrons. The molecule has 10 heteroatoms. The molecule has 13 atom stereocenters. The van der Waals surface area contributed by atoms with E-state index in [1.54, 1.807) is 0 Å². The fourth-order valence-corrected chi connectivity index (χ4v) is 10.2. The van der Waals surface area contributed by atoms with Gasteiger partial charge in [-0.1, -0.05) is 40.5 Å². The van der Waals surface area contributed by atoms with Gasteiger partial charge in [-0.25, -0.2) is 4.18 Å². The molecule has 4 fully saturated rings. The van der Waals surface area contributed by atoms with E-state index in [-0.39, 0.29) is 49.0 Å². The minimum absolute atomic E-state index is 0.0470. The van der Waals surface area contributed by atoms with Gasteiger partial charge >= 0.3 is 10.4 Å². The van der Waals surface area contributed by atoms with Crippen molar-refractivity contribution in [3.05, 3.63) is 0 Å². The van der Waals surface area contributed by atoms with Crippen LogP contribution in [0.2, 0.25) is 0 Å². The Bertz CT molecular complexity index is 929. The molecule has 4 unspecified atom stereocenters. The molecule has 4 saturated carbocycles. The van der Waals surface area contributed by atoms with Crippen LogP contribution in [0.25, 0.3) is 0 Å². The van der Waals surface area contributed by atoms with Gasteiger partial charge in [-0.3, -0.25) is 4.55 Å². The molecule has 4 aliphatic rings. The van der Waals surface area contributed by atoms with E-state index >= 15 is 0 Å². The minimum Gasteiger partial charge on any atom is -0.396 e. The Balaban J connectivity index is 1.69. The van der Waals surface area contributed by atoms with Crippen LogP contribution in [0.3, 0.4) is 0 Å². The molecule has 0 bridgehead atoms. The van der Waals surface area contributed by atoms with Crippen LogP contribution in [0.15, 0.2) is 0 Å². The first-order chi connectivity index (χ1) is 17.1. The Morgan fingerprint density at radius 2 is 1.73 bits per heavy atom. The molecule has 216 valence electrons. The average Bonchev–Trinajstić information content (AvgIpc) is 3.00. The van der Waals surface area contributed by atoms with Crippen LogP contribution in [-0.2, 0) is 14.6 Å². The third-order valence-corrected chi connectivity index (χ3v) is 11.9. The predicted octanol–water partition coefficient (Wildman–Crippen LogP) is 2.30. The molecule has 0 heterocycles. The molecule has 0 aromatic heterocycles. The average molecular weight is 549 g/mol. The van der Waals surface area contributed by atoms with Gasteiger partial charge < -0.3 is 25.5 Å². The monoisotopic (exact) mass is 548 g/mol. The number of hydrogen-bond donors (Lipinski definition) is 6. The third kappa shape index (κ3) is 4.92. The maximum atomic E-state index is 12.0. The van der Waals surface area contributed by atoms with E-state index in [1.807, 2.05) is 13.8 Å². The summed E-state index contributed by atoms with van der Waals surface area (Å²) in [4.78, 5) is 0. The summed E-state index contributed by atoms with van der Waals surface area (Å²) in [6.07, 6.45) is 1.35. The number of aliphatic hydroxyl groups is 5. The lowest BCUT2D eigenvalue weighted by Gasteiger charge is -2.65. The highest BCUT2D eigenvalue weighted by atomic mass is 32.3. The lowest BCUT2D eigenvalue weighted by atomic mass is 9.42.